The highest BCUT2D eigenvalue weighted by molar-refractivity contribution is 5.88. The van der Waals surface area contributed by atoms with Crippen LogP contribution in [0.15, 0.2) is 42.6 Å². The summed E-state index contributed by atoms with van der Waals surface area (Å²) in [5.41, 5.74) is 0.794. The molecular formula is C12H10N2O3. The van der Waals surface area contributed by atoms with Gasteiger partial charge in [-0.05, 0) is 24.3 Å². The molecule has 0 aliphatic carbocycles. The van der Waals surface area contributed by atoms with E-state index in [1.165, 1.54) is 24.4 Å². The molecule has 3 N–H and O–H groups in total. The number of nitrogens with zero attached hydrogens (tertiary/aromatic N) is 1. The largest absolute Gasteiger partial charge is 0.508 e. The Morgan fingerprint density at radius 3 is 2.76 bits per heavy atom. The fourth-order valence-corrected chi connectivity index (χ4v) is 1.36. The van der Waals surface area contributed by atoms with Crippen molar-refractivity contribution < 1.29 is 15.0 Å². The van der Waals surface area contributed by atoms with Crippen molar-refractivity contribution in [3.8, 4) is 5.75 Å². The van der Waals surface area contributed by atoms with Crippen LogP contribution in [0.5, 0.6) is 5.75 Å². The van der Waals surface area contributed by atoms with Gasteiger partial charge in [0.05, 0.1) is 5.56 Å². The maximum atomic E-state index is 10.8. The molecular weight excluding hydrogens is 220 g/mol. The second-order valence-corrected chi connectivity index (χ2v) is 3.41. The quantitative estimate of drug-likeness (QED) is 0.753. The van der Waals surface area contributed by atoms with Gasteiger partial charge in [-0.2, -0.15) is 0 Å². The third-order valence-electron chi connectivity index (χ3n) is 2.13. The Morgan fingerprint density at radius 1 is 1.24 bits per heavy atom. The first-order chi connectivity index (χ1) is 8.15. The average Bonchev–Trinajstić information content (AvgIpc) is 2.29. The summed E-state index contributed by atoms with van der Waals surface area (Å²) in [7, 11) is 0. The van der Waals surface area contributed by atoms with Crippen molar-refractivity contribution in [2.24, 2.45) is 0 Å². The van der Waals surface area contributed by atoms with Crippen LogP contribution in [0.2, 0.25) is 0 Å². The third kappa shape index (κ3) is 2.72. The van der Waals surface area contributed by atoms with Gasteiger partial charge in [0, 0.05) is 18.0 Å². The second-order valence-electron chi connectivity index (χ2n) is 3.41. The zero-order chi connectivity index (χ0) is 12.3. The fourth-order valence-electron chi connectivity index (χ4n) is 1.36. The highest BCUT2D eigenvalue weighted by Crippen LogP contribution is 2.19. The number of rotatable bonds is 3. The number of phenolic OH excluding ortho intramolecular Hbond substituents is 1. The van der Waals surface area contributed by atoms with E-state index in [-0.39, 0.29) is 11.3 Å². The molecule has 1 aromatic heterocycles. The highest BCUT2D eigenvalue weighted by Gasteiger charge is 2.04. The molecule has 0 unspecified atom stereocenters. The van der Waals surface area contributed by atoms with E-state index in [9.17, 15) is 9.90 Å². The Kier molecular flexibility index (Phi) is 2.91. The van der Waals surface area contributed by atoms with Gasteiger partial charge in [0.25, 0.3) is 0 Å². The summed E-state index contributed by atoms with van der Waals surface area (Å²) >= 11 is 0. The first kappa shape index (κ1) is 10.9. The molecule has 17 heavy (non-hydrogen) atoms. The zero-order valence-electron chi connectivity index (χ0n) is 8.79. The molecule has 2 rings (SSSR count). The van der Waals surface area contributed by atoms with Crippen LogP contribution in [0.4, 0.5) is 11.5 Å². The number of nitrogens with one attached hydrogen (secondary N) is 1. The van der Waals surface area contributed by atoms with Crippen molar-refractivity contribution >= 4 is 17.5 Å². The van der Waals surface area contributed by atoms with Crippen LogP contribution in [0, 0.1) is 0 Å². The van der Waals surface area contributed by atoms with Crippen molar-refractivity contribution in [2.45, 2.75) is 0 Å². The van der Waals surface area contributed by atoms with Crippen LogP contribution in [0.25, 0.3) is 0 Å². The number of hydrogen-bond donors (Lipinski definition) is 3. The number of benzene rings is 1. The predicted octanol–water partition coefficient (Wildman–Crippen LogP) is 2.23. The van der Waals surface area contributed by atoms with Crippen molar-refractivity contribution in [3.05, 3.63) is 48.2 Å². The van der Waals surface area contributed by atoms with E-state index in [1.54, 1.807) is 18.2 Å². The maximum Gasteiger partial charge on any atom is 0.335 e. The number of hydrogen-bond acceptors (Lipinski definition) is 4. The highest BCUT2D eigenvalue weighted by atomic mass is 16.4. The average molecular weight is 230 g/mol. The first-order valence-corrected chi connectivity index (χ1v) is 4.90. The first-order valence-electron chi connectivity index (χ1n) is 4.90. The van der Waals surface area contributed by atoms with Crippen LogP contribution < -0.4 is 5.32 Å². The molecule has 0 aliphatic heterocycles. The lowest BCUT2D eigenvalue weighted by Gasteiger charge is -2.06. The molecule has 1 aromatic carbocycles. The van der Waals surface area contributed by atoms with Crippen molar-refractivity contribution in [1.29, 1.82) is 0 Å². The molecule has 0 radical (unpaired) electrons. The number of aromatic hydroxyl groups is 1. The molecule has 0 bridgehead atoms. The van der Waals surface area contributed by atoms with Crippen molar-refractivity contribution in [1.82, 2.24) is 4.98 Å². The van der Waals surface area contributed by atoms with Crippen LogP contribution in [0.1, 0.15) is 10.4 Å². The molecule has 5 heteroatoms. The van der Waals surface area contributed by atoms with Gasteiger partial charge in [-0.1, -0.05) is 6.07 Å². The number of phenols is 1. The summed E-state index contributed by atoms with van der Waals surface area (Å²) in [5.74, 6) is -0.466. The summed E-state index contributed by atoms with van der Waals surface area (Å²) in [4.78, 5) is 14.8. The van der Waals surface area contributed by atoms with E-state index < -0.39 is 5.97 Å². The van der Waals surface area contributed by atoms with Crippen molar-refractivity contribution in [3.63, 3.8) is 0 Å². The topological polar surface area (TPSA) is 82.5 Å². The number of aromatic nitrogens is 1. The number of carbonyl (C=O) groups is 1. The zero-order valence-corrected chi connectivity index (χ0v) is 8.79. The third-order valence-corrected chi connectivity index (χ3v) is 2.13. The summed E-state index contributed by atoms with van der Waals surface area (Å²) < 4.78 is 0. The molecule has 0 amide bonds. The summed E-state index contributed by atoms with van der Waals surface area (Å²) in [6, 6.07) is 9.33. The van der Waals surface area contributed by atoms with Gasteiger partial charge in [-0.3, -0.25) is 0 Å². The van der Waals surface area contributed by atoms with Crippen molar-refractivity contribution in [2.75, 3.05) is 5.32 Å². The van der Waals surface area contributed by atoms with Gasteiger partial charge in [-0.15, -0.1) is 0 Å². The van der Waals surface area contributed by atoms with Gasteiger partial charge in [0.1, 0.15) is 11.6 Å². The molecule has 1 heterocycles. The normalized spacial score (nSPS) is 9.88. The number of pyridine rings is 1. The Hall–Kier alpha value is -2.56. The Bertz CT molecular complexity index is 555. The molecule has 0 fully saturated rings. The molecule has 5 nitrogen and oxygen atoms in total. The fraction of sp³-hybridized carbons (Fsp3) is 0. The van der Waals surface area contributed by atoms with Crippen LogP contribution in [-0.2, 0) is 0 Å². The number of carboxylic acids is 1. The van der Waals surface area contributed by atoms with E-state index >= 15 is 0 Å². The number of aromatic carboxylic acids is 1. The van der Waals surface area contributed by atoms with Crippen LogP contribution in [0.3, 0.4) is 0 Å². The van der Waals surface area contributed by atoms with E-state index in [0.717, 1.165) is 0 Å². The van der Waals surface area contributed by atoms with E-state index in [4.69, 9.17) is 5.11 Å². The molecule has 0 saturated heterocycles. The van der Waals surface area contributed by atoms with Gasteiger partial charge in [-0.25, -0.2) is 9.78 Å². The van der Waals surface area contributed by atoms with Crippen LogP contribution >= 0.6 is 0 Å². The SMILES string of the molecule is O=C(O)c1ccnc(Nc2cccc(O)c2)c1. The standard InChI is InChI=1S/C12H10N2O3/c15-10-3-1-2-9(7-10)14-11-6-8(12(16)17)4-5-13-11/h1-7,15H,(H,13,14)(H,16,17). The van der Waals surface area contributed by atoms with Gasteiger partial charge >= 0.3 is 5.97 Å². The number of carboxylic acid groups (broad SMARTS) is 1. The minimum absolute atomic E-state index is 0.129. The van der Waals surface area contributed by atoms with Gasteiger partial charge < -0.3 is 15.5 Å². The summed E-state index contributed by atoms with van der Waals surface area (Å²) in [6.07, 6.45) is 1.41. The van der Waals surface area contributed by atoms with Gasteiger partial charge in [0.2, 0.25) is 0 Å². The lowest BCUT2D eigenvalue weighted by molar-refractivity contribution is 0.0697. The Labute approximate surface area is 97.4 Å². The number of anilines is 2. The maximum absolute atomic E-state index is 10.8. The monoisotopic (exact) mass is 230 g/mol. The minimum Gasteiger partial charge on any atom is -0.508 e. The lowest BCUT2D eigenvalue weighted by Crippen LogP contribution is -1.99. The predicted molar refractivity (Wildman–Crippen MR) is 62.6 cm³/mol. The molecule has 2 aromatic rings. The molecule has 0 atom stereocenters. The Balaban J connectivity index is 2.24. The van der Waals surface area contributed by atoms with E-state index in [2.05, 4.69) is 10.3 Å². The second kappa shape index (κ2) is 4.52. The van der Waals surface area contributed by atoms with E-state index in [0.29, 0.717) is 11.5 Å². The van der Waals surface area contributed by atoms with Gasteiger partial charge in [0.15, 0.2) is 0 Å². The molecule has 0 spiro atoms. The summed E-state index contributed by atoms with van der Waals surface area (Å²) in [5, 5.41) is 21.0. The molecule has 86 valence electrons. The molecule has 0 saturated carbocycles. The molecule has 0 aliphatic rings. The minimum atomic E-state index is -1.01. The summed E-state index contributed by atoms with van der Waals surface area (Å²) in [6.45, 7) is 0. The Morgan fingerprint density at radius 2 is 2.06 bits per heavy atom. The smallest absolute Gasteiger partial charge is 0.335 e. The lowest BCUT2D eigenvalue weighted by atomic mass is 10.2. The van der Waals surface area contributed by atoms with E-state index in [1.807, 2.05) is 0 Å². The van der Waals surface area contributed by atoms with Crippen LogP contribution in [-0.4, -0.2) is 21.2 Å².